The Morgan fingerprint density at radius 1 is 1.14 bits per heavy atom. The Morgan fingerprint density at radius 3 is 2.59 bits per heavy atom. The van der Waals surface area contributed by atoms with Gasteiger partial charge in [0.15, 0.2) is 0 Å². The van der Waals surface area contributed by atoms with Crippen molar-refractivity contribution in [3.63, 3.8) is 0 Å². The van der Waals surface area contributed by atoms with Gasteiger partial charge >= 0.3 is 0 Å². The van der Waals surface area contributed by atoms with E-state index in [1.807, 2.05) is 12.1 Å². The summed E-state index contributed by atoms with van der Waals surface area (Å²) in [6, 6.07) is 7.30. The summed E-state index contributed by atoms with van der Waals surface area (Å²) in [4.78, 5) is 25.0. The molecule has 1 saturated heterocycles. The Hall–Kier alpha value is -2.47. The first-order chi connectivity index (χ1) is 10.7. The number of rotatable bonds is 3. The number of anilines is 2. The molecule has 0 aliphatic carbocycles. The molecule has 3 rings (SSSR count). The quantitative estimate of drug-likeness (QED) is 0.930. The molecule has 6 heteroatoms. The van der Waals surface area contributed by atoms with Gasteiger partial charge in [0.05, 0.1) is 17.4 Å². The van der Waals surface area contributed by atoms with Crippen LogP contribution in [0.3, 0.4) is 0 Å². The van der Waals surface area contributed by atoms with Crippen molar-refractivity contribution in [1.29, 1.82) is 0 Å². The Labute approximate surface area is 129 Å². The lowest BCUT2D eigenvalue weighted by molar-refractivity contribution is 0.102. The zero-order chi connectivity index (χ0) is 15.4. The minimum absolute atomic E-state index is 0.178. The van der Waals surface area contributed by atoms with Crippen molar-refractivity contribution in [2.45, 2.75) is 0 Å². The normalized spacial score (nSPS) is 15.6. The fourth-order valence-corrected chi connectivity index (χ4v) is 2.38. The minimum atomic E-state index is -0.178. The highest BCUT2D eigenvalue weighted by atomic mass is 16.1. The lowest BCUT2D eigenvalue weighted by Gasteiger charge is -2.33. The molecule has 1 aliphatic rings. The fraction of sp³-hybridized carbons (Fsp3) is 0.312. The second kappa shape index (κ2) is 6.53. The largest absolute Gasteiger partial charge is 0.354 e. The Kier molecular flexibility index (Phi) is 4.29. The first kappa shape index (κ1) is 14.5. The van der Waals surface area contributed by atoms with Gasteiger partial charge in [0.1, 0.15) is 5.82 Å². The first-order valence-corrected chi connectivity index (χ1v) is 7.33. The van der Waals surface area contributed by atoms with Gasteiger partial charge in [-0.3, -0.25) is 9.78 Å². The van der Waals surface area contributed by atoms with Gasteiger partial charge in [-0.15, -0.1) is 0 Å². The molecule has 1 aliphatic heterocycles. The fourth-order valence-electron chi connectivity index (χ4n) is 2.38. The lowest BCUT2D eigenvalue weighted by Crippen LogP contribution is -2.44. The van der Waals surface area contributed by atoms with Crippen molar-refractivity contribution >= 4 is 17.4 Å². The zero-order valence-corrected chi connectivity index (χ0v) is 12.6. The molecule has 0 bridgehead atoms. The van der Waals surface area contributed by atoms with E-state index < -0.39 is 0 Å². The molecule has 22 heavy (non-hydrogen) atoms. The van der Waals surface area contributed by atoms with Crippen LogP contribution in [0.15, 0.2) is 42.9 Å². The van der Waals surface area contributed by atoms with E-state index in [0.29, 0.717) is 11.3 Å². The van der Waals surface area contributed by atoms with Crippen molar-refractivity contribution in [3.8, 4) is 0 Å². The molecule has 114 valence electrons. The predicted molar refractivity (Wildman–Crippen MR) is 86.1 cm³/mol. The topological polar surface area (TPSA) is 61.4 Å². The van der Waals surface area contributed by atoms with E-state index >= 15 is 0 Å². The number of pyridine rings is 2. The second-order valence-electron chi connectivity index (χ2n) is 5.39. The Morgan fingerprint density at radius 2 is 1.95 bits per heavy atom. The van der Waals surface area contributed by atoms with E-state index in [2.05, 4.69) is 32.1 Å². The average Bonchev–Trinajstić information content (AvgIpc) is 2.57. The molecule has 0 spiro atoms. The van der Waals surface area contributed by atoms with Gasteiger partial charge < -0.3 is 15.1 Å². The molecule has 3 heterocycles. The molecule has 0 atom stereocenters. The number of hydrogen-bond donors (Lipinski definition) is 1. The standard InChI is InChI=1S/C16H19N5O/c1-20-7-9-21(10-8-20)15-5-4-14(12-18-15)19-16(22)13-3-2-6-17-11-13/h2-6,11-12H,7-10H2,1H3,(H,19,22). The molecule has 2 aromatic heterocycles. The molecule has 1 fully saturated rings. The molecule has 6 nitrogen and oxygen atoms in total. The van der Waals surface area contributed by atoms with Crippen molar-refractivity contribution < 1.29 is 4.79 Å². The van der Waals surface area contributed by atoms with Crippen LogP contribution in [0.25, 0.3) is 0 Å². The van der Waals surface area contributed by atoms with Crippen LogP contribution < -0.4 is 10.2 Å². The van der Waals surface area contributed by atoms with E-state index in [4.69, 9.17) is 0 Å². The predicted octanol–water partition coefficient (Wildman–Crippen LogP) is 1.48. The third-order valence-corrected chi connectivity index (χ3v) is 3.76. The maximum Gasteiger partial charge on any atom is 0.257 e. The van der Waals surface area contributed by atoms with Crippen molar-refractivity contribution in [2.75, 3.05) is 43.4 Å². The van der Waals surface area contributed by atoms with Crippen molar-refractivity contribution in [1.82, 2.24) is 14.9 Å². The molecular weight excluding hydrogens is 278 g/mol. The molecule has 0 saturated carbocycles. The number of carbonyl (C=O) groups is 1. The summed E-state index contributed by atoms with van der Waals surface area (Å²) in [5.74, 6) is 0.773. The summed E-state index contributed by atoms with van der Waals surface area (Å²) >= 11 is 0. The highest BCUT2D eigenvalue weighted by molar-refractivity contribution is 6.03. The summed E-state index contributed by atoms with van der Waals surface area (Å²) in [5.41, 5.74) is 1.22. The molecule has 2 aromatic rings. The number of nitrogens with one attached hydrogen (secondary N) is 1. The number of piperazine rings is 1. The Bertz CT molecular complexity index is 621. The van der Waals surface area contributed by atoms with Gasteiger partial charge in [0.25, 0.3) is 5.91 Å². The lowest BCUT2D eigenvalue weighted by atomic mass is 10.2. The smallest absolute Gasteiger partial charge is 0.257 e. The Balaban J connectivity index is 1.63. The third-order valence-electron chi connectivity index (χ3n) is 3.76. The van der Waals surface area contributed by atoms with E-state index in [9.17, 15) is 4.79 Å². The summed E-state index contributed by atoms with van der Waals surface area (Å²) in [7, 11) is 2.13. The van der Waals surface area contributed by atoms with Crippen LogP contribution in [0.1, 0.15) is 10.4 Å². The molecule has 1 amide bonds. The van der Waals surface area contributed by atoms with Gasteiger partial charge in [0.2, 0.25) is 0 Å². The summed E-state index contributed by atoms with van der Waals surface area (Å²) in [6.45, 7) is 4.04. The van der Waals surface area contributed by atoms with Crippen LogP contribution >= 0.6 is 0 Å². The number of aromatic nitrogens is 2. The van der Waals surface area contributed by atoms with Crippen LogP contribution in [0.2, 0.25) is 0 Å². The van der Waals surface area contributed by atoms with Crippen LogP contribution in [0.4, 0.5) is 11.5 Å². The summed E-state index contributed by atoms with van der Waals surface area (Å²) in [6.07, 6.45) is 4.88. The molecule has 0 radical (unpaired) electrons. The molecular formula is C16H19N5O. The second-order valence-corrected chi connectivity index (χ2v) is 5.39. The molecule has 1 N–H and O–H groups in total. The van der Waals surface area contributed by atoms with E-state index in [1.165, 1.54) is 0 Å². The van der Waals surface area contributed by atoms with Gasteiger partial charge in [-0.05, 0) is 31.3 Å². The van der Waals surface area contributed by atoms with Gasteiger partial charge in [-0.1, -0.05) is 0 Å². The number of carbonyl (C=O) groups excluding carboxylic acids is 1. The van der Waals surface area contributed by atoms with Gasteiger partial charge in [-0.25, -0.2) is 4.98 Å². The third kappa shape index (κ3) is 3.40. The van der Waals surface area contributed by atoms with Crippen LogP contribution in [0, 0.1) is 0 Å². The summed E-state index contributed by atoms with van der Waals surface area (Å²) < 4.78 is 0. The van der Waals surface area contributed by atoms with E-state index in [-0.39, 0.29) is 5.91 Å². The number of hydrogen-bond acceptors (Lipinski definition) is 5. The zero-order valence-electron chi connectivity index (χ0n) is 12.6. The van der Waals surface area contributed by atoms with Crippen LogP contribution in [-0.2, 0) is 0 Å². The van der Waals surface area contributed by atoms with Crippen LogP contribution in [-0.4, -0.2) is 54.0 Å². The highest BCUT2D eigenvalue weighted by Crippen LogP contribution is 2.16. The number of nitrogens with zero attached hydrogens (tertiary/aromatic N) is 4. The van der Waals surface area contributed by atoms with Gasteiger partial charge in [0, 0.05) is 38.6 Å². The first-order valence-electron chi connectivity index (χ1n) is 7.33. The molecule has 0 unspecified atom stereocenters. The SMILES string of the molecule is CN1CCN(c2ccc(NC(=O)c3cccnc3)cn2)CC1. The maximum atomic E-state index is 12.0. The van der Waals surface area contributed by atoms with Crippen LogP contribution in [0.5, 0.6) is 0 Å². The van der Waals surface area contributed by atoms with Crippen molar-refractivity contribution in [2.24, 2.45) is 0 Å². The van der Waals surface area contributed by atoms with Crippen molar-refractivity contribution in [3.05, 3.63) is 48.4 Å². The molecule has 0 aromatic carbocycles. The summed E-state index contributed by atoms with van der Waals surface area (Å²) in [5, 5.41) is 2.83. The number of amides is 1. The maximum absolute atomic E-state index is 12.0. The number of likely N-dealkylation sites (N-methyl/N-ethyl adjacent to an activating group) is 1. The minimum Gasteiger partial charge on any atom is -0.354 e. The van der Waals surface area contributed by atoms with E-state index in [0.717, 1.165) is 32.0 Å². The monoisotopic (exact) mass is 297 g/mol. The average molecular weight is 297 g/mol. The van der Waals surface area contributed by atoms with E-state index in [1.54, 1.807) is 30.7 Å². The highest BCUT2D eigenvalue weighted by Gasteiger charge is 2.15. The van der Waals surface area contributed by atoms with Gasteiger partial charge in [-0.2, -0.15) is 0 Å².